The van der Waals surface area contributed by atoms with E-state index in [0.717, 1.165) is 30.8 Å². The lowest BCUT2D eigenvalue weighted by Gasteiger charge is -2.35. The molecule has 0 unspecified atom stereocenters. The maximum atomic E-state index is 12.3. The molecule has 1 aromatic carbocycles. The molecule has 1 fully saturated rings. The monoisotopic (exact) mass is 272 g/mol. The molecule has 2 amide bonds. The first kappa shape index (κ1) is 13.2. The second kappa shape index (κ2) is 4.62. The summed E-state index contributed by atoms with van der Waals surface area (Å²) in [5, 5.41) is 3.34. The minimum absolute atomic E-state index is 0.0880. The van der Waals surface area contributed by atoms with Crippen molar-refractivity contribution < 1.29 is 9.59 Å². The Morgan fingerprint density at radius 2 is 1.85 bits per heavy atom. The minimum atomic E-state index is -0.222. The van der Waals surface area contributed by atoms with Gasteiger partial charge in [-0.3, -0.25) is 14.5 Å². The number of benzene rings is 1. The summed E-state index contributed by atoms with van der Waals surface area (Å²) in [7, 11) is 0. The standard InChI is InChI=1S/C16H20N2O2/c1-16(2)9-14(19)18(15(20)10-16)12-5-6-13-11(8-12)4-3-7-17-13/h5-6,8,17H,3-4,7,9-10H2,1-2H3. The van der Waals surface area contributed by atoms with Gasteiger partial charge in [-0.2, -0.15) is 0 Å². The van der Waals surface area contributed by atoms with E-state index in [-0.39, 0.29) is 17.2 Å². The van der Waals surface area contributed by atoms with Gasteiger partial charge in [0.05, 0.1) is 5.69 Å². The highest BCUT2D eigenvalue weighted by atomic mass is 16.2. The number of hydrogen-bond donors (Lipinski definition) is 1. The zero-order valence-corrected chi connectivity index (χ0v) is 12.0. The normalized spacial score (nSPS) is 21.4. The third kappa shape index (κ3) is 2.30. The SMILES string of the molecule is CC1(C)CC(=O)N(c2ccc3c(c2)CCCN3)C(=O)C1. The Bertz CT molecular complexity index is 558. The topological polar surface area (TPSA) is 49.4 Å². The Labute approximate surface area is 119 Å². The lowest BCUT2D eigenvalue weighted by Crippen LogP contribution is -2.46. The van der Waals surface area contributed by atoms with Gasteiger partial charge >= 0.3 is 0 Å². The van der Waals surface area contributed by atoms with Crippen LogP contribution in [0.1, 0.15) is 38.7 Å². The summed E-state index contributed by atoms with van der Waals surface area (Å²) in [6.07, 6.45) is 2.94. The number of imide groups is 1. The zero-order valence-electron chi connectivity index (χ0n) is 12.0. The Hall–Kier alpha value is -1.84. The molecule has 0 radical (unpaired) electrons. The first-order valence-electron chi connectivity index (χ1n) is 7.19. The van der Waals surface area contributed by atoms with Crippen molar-refractivity contribution in [3.63, 3.8) is 0 Å². The van der Waals surface area contributed by atoms with Gasteiger partial charge in [0.25, 0.3) is 0 Å². The Morgan fingerprint density at radius 1 is 1.15 bits per heavy atom. The third-order valence-electron chi connectivity index (χ3n) is 4.04. The molecule has 0 aromatic heterocycles. The zero-order chi connectivity index (χ0) is 14.3. The molecule has 106 valence electrons. The first-order valence-corrected chi connectivity index (χ1v) is 7.19. The molecule has 4 nitrogen and oxygen atoms in total. The largest absolute Gasteiger partial charge is 0.385 e. The third-order valence-corrected chi connectivity index (χ3v) is 4.04. The maximum absolute atomic E-state index is 12.3. The van der Waals surface area contributed by atoms with Crippen molar-refractivity contribution >= 4 is 23.2 Å². The van der Waals surface area contributed by atoms with Crippen LogP contribution < -0.4 is 10.2 Å². The van der Waals surface area contributed by atoms with Crippen LogP contribution in [0.25, 0.3) is 0 Å². The number of fused-ring (bicyclic) bond motifs is 1. The summed E-state index contributed by atoms with van der Waals surface area (Å²) >= 11 is 0. The van der Waals surface area contributed by atoms with Gasteiger partial charge in [-0.1, -0.05) is 13.8 Å². The van der Waals surface area contributed by atoms with Crippen molar-refractivity contribution in [3.05, 3.63) is 23.8 Å². The van der Waals surface area contributed by atoms with Gasteiger partial charge in [0, 0.05) is 25.1 Å². The van der Waals surface area contributed by atoms with E-state index in [1.807, 2.05) is 32.0 Å². The molecule has 0 spiro atoms. The molecular formula is C16H20N2O2. The number of anilines is 2. The predicted molar refractivity (Wildman–Crippen MR) is 78.8 cm³/mol. The molecule has 0 atom stereocenters. The van der Waals surface area contributed by atoms with Crippen LogP contribution in [-0.4, -0.2) is 18.4 Å². The summed E-state index contributed by atoms with van der Waals surface area (Å²) in [6.45, 7) is 4.93. The van der Waals surface area contributed by atoms with Crippen LogP contribution >= 0.6 is 0 Å². The molecule has 3 rings (SSSR count). The average molecular weight is 272 g/mol. The summed E-state index contributed by atoms with van der Waals surface area (Å²) in [5.74, 6) is -0.176. The fourth-order valence-corrected chi connectivity index (χ4v) is 3.07. The number of hydrogen-bond acceptors (Lipinski definition) is 3. The second-order valence-electron chi connectivity index (χ2n) is 6.51. The number of carbonyl (C=O) groups excluding carboxylic acids is 2. The van der Waals surface area contributed by atoms with Crippen molar-refractivity contribution in [1.29, 1.82) is 0 Å². The molecule has 0 aliphatic carbocycles. The highest BCUT2D eigenvalue weighted by molar-refractivity contribution is 6.17. The van der Waals surface area contributed by atoms with Crippen LogP contribution in [0.3, 0.4) is 0 Å². The van der Waals surface area contributed by atoms with Gasteiger partial charge in [-0.25, -0.2) is 0 Å². The lowest BCUT2D eigenvalue weighted by atomic mass is 9.81. The number of carbonyl (C=O) groups is 2. The number of aryl methyl sites for hydroxylation is 1. The quantitative estimate of drug-likeness (QED) is 0.800. The van der Waals surface area contributed by atoms with Gasteiger partial charge in [-0.15, -0.1) is 0 Å². The van der Waals surface area contributed by atoms with Gasteiger partial charge in [0.1, 0.15) is 0 Å². The predicted octanol–water partition coefficient (Wildman–Crippen LogP) is 2.72. The summed E-state index contributed by atoms with van der Waals surface area (Å²) in [5.41, 5.74) is 2.81. The van der Waals surface area contributed by atoms with Crippen LogP contribution in [-0.2, 0) is 16.0 Å². The van der Waals surface area contributed by atoms with E-state index in [2.05, 4.69) is 5.32 Å². The molecule has 20 heavy (non-hydrogen) atoms. The van der Waals surface area contributed by atoms with Crippen LogP contribution in [0.4, 0.5) is 11.4 Å². The van der Waals surface area contributed by atoms with Crippen molar-refractivity contribution in [3.8, 4) is 0 Å². The number of piperidine rings is 1. The Balaban J connectivity index is 1.93. The number of rotatable bonds is 1. The highest BCUT2D eigenvalue weighted by Gasteiger charge is 2.38. The summed E-state index contributed by atoms with van der Waals surface area (Å²) < 4.78 is 0. The summed E-state index contributed by atoms with van der Waals surface area (Å²) in [6, 6.07) is 5.82. The van der Waals surface area contributed by atoms with Crippen molar-refractivity contribution in [2.24, 2.45) is 5.41 Å². The Morgan fingerprint density at radius 3 is 2.55 bits per heavy atom. The number of amides is 2. The number of nitrogens with zero attached hydrogens (tertiary/aromatic N) is 1. The molecule has 0 saturated carbocycles. The van der Waals surface area contributed by atoms with Crippen molar-refractivity contribution in [2.75, 3.05) is 16.8 Å². The van der Waals surface area contributed by atoms with Gasteiger partial charge in [0.2, 0.25) is 11.8 Å². The molecule has 1 aromatic rings. The van der Waals surface area contributed by atoms with E-state index in [1.165, 1.54) is 10.5 Å². The fraction of sp³-hybridized carbons (Fsp3) is 0.500. The average Bonchev–Trinajstić information content (AvgIpc) is 2.36. The maximum Gasteiger partial charge on any atom is 0.234 e. The van der Waals surface area contributed by atoms with E-state index >= 15 is 0 Å². The van der Waals surface area contributed by atoms with E-state index in [4.69, 9.17) is 0 Å². The first-order chi connectivity index (χ1) is 9.46. The molecule has 2 aliphatic rings. The van der Waals surface area contributed by atoms with Crippen molar-refractivity contribution in [2.45, 2.75) is 39.5 Å². The van der Waals surface area contributed by atoms with Gasteiger partial charge in [-0.05, 0) is 42.0 Å². The molecule has 1 N–H and O–H groups in total. The van der Waals surface area contributed by atoms with Crippen LogP contribution in [0, 0.1) is 5.41 Å². The summed E-state index contributed by atoms with van der Waals surface area (Å²) in [4.78, 5) is 25.9. The number of nitrogens with one attached hydrogen (secondary N) is 1. The van der Waals surface area contributed by atoms with E-state index in [9.17, 15) is 9.59 Å². The van der Waals surface area contributed by atoms with E-state index in [0.29, 0.717) is 12.8 Å². The lowest BCUT2D eigenvalue weighted by molar-refractivity contribution is -0.132. The molecule has 2 heterocycles. The molecule has 1 saturated heterocycles. The minimum Gasteiger partial charge on any atom is -0.385 e. The smallest absolute Gasteiger partial charge is 0.234 e. The van der Waals surface area contributed by atoms with Gasteiger partial charge in [0.15, 0.2) is 0 Å². The fourth-order valence-electron chi connectivity index (χ4n) is 3.07. The Kier molecular flexibility index (Phi) is 3.04. The molecular weight excluding hydrogens is 252 g/mol. The molecule has 2 aliphatic heterocycles. The van der Waals surface area contributed by atoms with Gasteiger partial charge < -0.3 is 5.32 Å². The van der Waals surface area contributed by atoms with Crippen LogP contribution in [0.15, 0.2) is 18.2 Å². The van der Waals surface area contributed by atoms with E-state index in [1.54, 1.807) is 0 Å². The molecule has 4 heteroatoms. The van der Waals surface area contributed by atoms with Crippen molar-refractivity contribution in [1.82, 2.24) is 0 Å². The second-order valence-corrected chi connectivity index (χ2v) is 6.51. The molecule has 0 bridgehead atoms. The highest BCUT2D eigenvalue weighted by Crippen LogP contribution is 2.35. The van der Waals surface area contributed by atoms with Crippen LogP contribution in [0.2, 0.25) is 0 Å². The van der Waals surface area contributed by atoms with Crippen LogP contribution in [0.5, 0.6) is 0 Å². The van der Waals surface area contributed by atoms with E-state index < -0.39 is 0 Å².